The van der Waals surface area contributed by atoms with Crippen molar-refractivity contribution in [3.05, 3.63) is 54.1 Å². The van der Waals surface area contributed by atoms with Gasteiger partial charge in [-0.05, 0) is 30.3 Å². The molecule has 2 aromatic rings. The Labute approximate surface area is 114 Å². The molecule has 1 aromatic carbocycles. The van der Waals surface area contributed by atoms with Gasteiger partial charge in [0.05, 0.1) is 22.3 Å². The lowest BCUT2D eigenvalue weighted by molar-refractivity contribution is 0.0696. The molecule has 0 amide bonds. The van der Waals surface area contributed by atoms with Gasteiger partial charge in [-0.1, -0.05) is 6.07 Å². The average molecular weight is 296 g/mol. The third-order valence-corrected chi connectivity index (χ3v) is 3.75. The van der Waals surface area contributed by atoms with Crippen molar-refractivity contribution >= 4 is 21.7 Å². The molecular formula is C12H9FN2O4S. The Kier molecular flexibility index (Phi) is 3.66. The van der Waals surface area contributed by atoms with Crippen LogP contribution in [-0.4, -0.2) is 24.5 Å². The van der Waals surface area contributed by atoms with E-state index in [4.69, 9.17) is 5.11 Å². The molecule has 0 spiro atoms. The molecule has 0 saturated heterocycles. The molecule has 0 saturated carbocycles. The Bertz CT molecular complexity index is 744. The van der Waals surface area contributed by atoms with Crippen molar-refractivity contribution in [2.45, 2.75) is 4.90 Å². The second-order valence-corrected chi connectivity index (χ2v) is 5.49. The van der Waals surface area contributed by atoms with Crippen molar-refractivity contribution in [2.24, 2.45) is 0 Å². The molecule has 8 heteroatoms. The lowest BCUT2D eigenvalue weighted by atomic mass is 10.2. The van der Waals surface area contributed by atoms with Gasteiger partial charge in [-0.25, -0.2) is 18.2 Å². The van der Waals surface area contributed by atoms with Gasteiger partial charge in [-0.15, -0.1) is 0 Å². The van der Waals surface area contributed by atoms with Crippen LogP contribution in [-0.2, 0) is 10.0 Å². The van der Waals surface area contributed by atoms with Crippen LogP contribution in [0.4, 0.5) is 10.1 Å². The van der Waals surface area contributed by atoms with Crippen LogP contribution in [0.2, 0.25) is 0 Å². The molecule has 0 aliphatic heterocycles. The normalized spacial score (nSPS) is 11.1. The van der Waals surface area contributed by atoms with E-state index in [0.29, 0.717) is 0 Å². The van der Waals surface area contributed by atoms with Crippen molar-refractivity contribution in [3.8, 4) is 0 Å². The van der Waals surface area contributed by atoms with E-state index < -0.39 is 21.9 Å². The molecule has 0 unspecified atom stereocenters. The van der Waals surface area contributed by atoms with E-state index >= 15 is 0 Å². The first-order chi connectivity index (χ1) is 9.38. The summed E-state index contributed by atoms with van der Waals surface area (Å²) in [6, 6.07) is 7.10. The molecule has 104 valence electrons. The molecule has 1 aromatic heterocycles. The molecule has 20 heavy (non-hydrogen) atoms. The molecule has 0 atom stereocenters. The SMILES string of the molecule is O=C(O)c1cccc(S(=O)(=O)Nc2ccc(F)nc2)c1. The van der Waals surface area contributed by atoms with Crippen LogP contribution in [0.25, 0.3) is 0 Å². The number of benzene rings is 1. The molecule has 0 aliphatic carbocycles. The molecule has 0 fully saturated rings. The van der Waals surface area contributed by atoms with Crippen LogP contribution in [0.15, 0.2) is 47.5 Å². The summed E-state index contributed by atoms with van der Waals surface area (Å²) in [6.07, 6.45) is 1.02. The Balaban J connectivity index is 2.33. The maximum Gasteiger partial charge on any atom is 0.335 e. The summed E-state index contributed by atoms with van der Waals surface area (Å²) in [6.45, 7) is 0. The van der Waals surface area contributed by atoms with Crippen LogP contribution >= 0.6 is 0 Å². The highest BCUT2D eigenvalue weighted by molar-refractivity contribution is 7.92. The second kappa shape index (κ2) is 5.25. The lowest BCUT2D eigenvalue weighted by Gasteiger charge is -2.08. The van der Waals surface area contributed by atoms with Gasteiger partial charge in [-0.3, -0.25) is 4.72 Å². The number of aromatic nitrogens is 1. The fourth-order valence-electron chi connectivity index (χ4n) is 1.45. The fraction of sp³-hybridized carbons (Fsp3) is 0. The molecule has 1 heterocycles. The molecule has 0 radical (unpaired) electrons. The number of sulfonamides is 1. The van der Waals surface area contributed by atoms with Crippen LogP contribution < -0.4 is 4.72 Å². The van der Waals surface area contributed by atoms with Crippen molar-refractivity contribution in [1.29, 1.82) is 0 Å². The predicted molar refractivity (Wildman–Crippen MR) is 68.4 cm³/mol. The highest BCUT2D eigenvalue weighted by atomic mass is 32.2. The van der Waals surface area contributed by atoms with Gasteiger partial charge in [0.2, 0.25) is 5.95 Å². The van der Waals surface area contributed by atoms with Crippen LogP contribution in [0.3, 0.4) is 0 Å². The molecular weight excluding hydrogens is 287 g/mol. The summed E-state index contributed by atoms with van der Waals surface area (Å²) in [5.74, 6) is -1.97. The number of pyridine rings is 1. The Morgan fingerprint density at radius 2 is 2.00 bits per heavy atom. The lowest BCUT2D eigenvalue weighted by Crippen LogP contribution is -2.14. The largest absolute Gasteiger partial charge is 0.478 e. The van der Waals surface area contributed by atoms with Crippen molar-refractivity contribution in [3.63, 3.8) is 0 Å². The summed E-state index contributed by atoms with van der Waals surface area (Å²) in [5, 5.41) is 8.83. The highest BCUT2D eigenvalue weighted by Gasteiger charge is 2.16. The molecule has 0 bridgehead atoms. The Morgan fingerprint density at radius 1 is 1.25 bits per heavy atom. The van der Waals surface area contributed by atoms with Gasteiger partial charge in [-0.2, -0.15) is 4.39 Å². The van der Waals surface area contributed by atoms with Gasteiger partial charge in [0.25, 0.3) is 10.0 Å². The summed E-state index contributed by atoms with van der Waals surface area (Å²) >= 11 is 0. The van der Waals surface area contributed by atoms with Gasteiger partial charge < -0.3 is 5.11 Å². The number of carboxylic acid groups (broad SMARTS) is 1. The van der Waals surface area contributed by atoms with Crippen LogP contribution in [0.1, 0.15) is 10.4 Å². The van der Waals surface area contributed by atoms with E-state index in [2.05, 4.69) is 9.71 Å². The van der Waals surface area contributed by atoms with Gasteiger partial charge >= 0.3 is 5.97 Å². The smallest absolute Gasteiger partial charge is 0.335 e. The third-order valence-electron chi connectivity index (χ3n) is 2.37. The topological polar surface area (TPSA) is 96.4 Å². The zero-order chi connectivity index (χ0) is 14.8. The number of aromatic carboxylic acids is 1. The zero-order valence-corrected chi connectivity index (χ0v) is 10.8. The summed E-state index contributed by atoms with van der Waals surface area (Å²) in [4.78, 5) is 13.9. The molecule has 2 rings (SSSR count). The molecule has 6 nitrogen and oxygen atoms in total. The minimum atomic E-state index is -3.96. The fourth-order valence-corrected chi connectivity index (χ4v) is 2.54. The van der Waals surface area contributed by atoms with E-state index in [9.17, 15) is 17.6 Å². The third kappa shape index (κ3) is 3.09. The van der Waals surface area contributed by atoms with Gasteiger partial charge in [0.15, 0.2) is 0 Å². The number of nitrogens with zero attached hydrogens (tertiary/aromatic N) is 1. The first-order valence-electron chi connectivity index (χ1n) is 5.36. The molecule has 0 aliphatic rings. The zero-order valence-electron chi connectivity index (χ0n) is 9.95. The van der Waals surface area contributed by atoms with Gasteiger partial charge in [0.1, 0.15) is 0 Å². The average Bonchev–Trinajstić information content (AvgIpc) is 2.41. The number of anilines is 1. The van der Waals surface area contributed by atoms with Crippen molar-refractivity contribution in [2.75, 3.05) is 4.72 Å². The predicted octanol–water partition coefficient (Wildman–Crippen LogP) is 1.72. The first kappa shape index (κ1) is 13.9. The standard InChI is InChI=1S/C12H9FN2O4S/c13-11-5-4-9(7-14-11)15-20(18,19)10-3-1-2-8(6-10)12(16)17/h1-7,15H,(H,16,17). The number of halogens is 1. The number of carboxylic acids is 1. The maximum absolute atomic E-state index is 12.6. The van der Waals surface area contributed by atoms with E-state index in [-0.39, 0.29) is 16.1 Å². The van der Waals surface area contributed by atoms with E-state index in [0.717, 1.165) is 18.3 Å². The number of hydrogen-bond donors (Lipinski definition) is 2. The van der Waals surface area contributed by atoms with E-state index in [1.54, 1.807) is 0 Å². The number of nitrogens with one attached hydrogen (secondary N) is 1. The quantitative estimate of drug-likeness (QED) is 0.837. The Morgan fingerprint density at radius 3 is 2.60 bits per heavy atom. The Hall–Kier alpha value is -2.48. The minimum absolute atomic E-state index is 0.0760. The first-order valence-corrected chi connectivity index (χ1v) is 6.84. The molecule has 2 N–H and O–H groups in total. The summed E-state index contributed by atoms with van der Waals surface area (Å²) in [7, 11) is -3.96. The highest BCUT2D eigenvalue weighted by Crippen LogP contribution is 2.16. The summed E-state index contributed by atoms with van der Waals surface area (Å²) < 4.78 is 38.9. The van der Waals surface area contributed by atoms with Crippen LogP contribution in [0, 0.1) is 5.95 Å². The monoisotopic (exact) mass is 296 g/mol. The van der Waals surface area contributed by atoms with E-state index in [1.807, 2.05) is 0 Å². The number of rotatable bonds is 4. The van der Waals surface area contributed by atoms with E-state index in [1.165, 1.54) is 24.3 Å². The maximum atomic E-state index is 12.6. The second-order valence-electron chi connectivity index (χ2n) is 3.81. The van der Waals surface area contributed by atoms with Gasteiger partial charge in [0, 0.05) is 0 Å². The number of carbonyl (C=O) groups is 1. The van der Waals surface area contributed by atoms with Crippen molar-refractivity contribution in [1.82, 2.24) is 4.98 Å². The van der Waals surface area contributed by atoms with Crippen molar-refractivity contribution < 1.29 is 22.7 Å². The van der Waals surface area contributed by atoms with Crippen LogP contribution in [0.5, 0.6) is 0 Å². The minimum Gasteiger partial charge on any atom is -0.478 e. The summed E-state index contributed by atoms with van der Waals surface area (Å²) in [5.41, 5.74) is -0.0720. The number of hydrogen-bond acceptors (Lipinski definition) is 4.